The van der Waals surface area contributed by atoms with Crippen molar-refractivity contribution in [2.24, 2.45) is 7.05 Å². The second kappa shape index (κ2) is 7.94. The number of fused-ring (bicyclic) bond motifs is 1. The number of amides is 1. The third-order valence-corrected chi connectivity index (χ3v) is 4.80. The zero-order chi connectivity index (χ0) is 22.2. The lowest BCUT2D eigenvalue weighted by molar-refractivity contribution is -0.116. The number of methoxy groups -OCH3 is 1. The fraction of sp³-hybridized carbons (Fsp3) is 0.286. The summed E-state index contributed by atoms with van der Waals surface area (Å²) in [6.07, 6.45) is 0. The van der Waals surface area contributed by atoms with Gasteiger partial charge in [0.05, 0.1) is 18.1 Å². The number of carbonyl (C=O) groups is 2. The van der Waals surface area contributed by atoms with Crippen molar-refractivity contribution in [3.05, 3.63) is 67.5 Å². The SMILES string of the molecule is COC(=O)c1cc(C)nc2c1c(=O)n(CC(=O)Nc1cc(C)ccc1C)c(=O)n2C. The number of esters is 1. The summed E-state index contributed by atoms with van der Waals surface area (Å²) >= 11 is 0. The minimum atomic E-state index is -0.780. The molecule has 0 radical (unpaired) electrons. The maximum Gasteiger partial charge on any atom is 0.338 e. The molecule has 0 saturated carbocycles. The Hall–Kier alpha value is -3.75. The van der Waals surface area contributed by atoms with Crippen molar-refractivity contribution in [2.45, 2.75) is 27.3 Å². The number of aromatic nitrogens is 3. The first-order chi connectivity index (χ1) is 14.1. The maximum atomic E-state index is 13.1. The van der Waals surface area contributed by atoms with Crippen LogP contribution < -0.4 is 16.6 Å². The summed E-state index contributed by atoms with van der Waals surface area (Å²) in [5.74, 6) is -1.27. The Labute approximate surface area is 171 Å². The van der Waals surface area contributed by atoms with Gasteiger partial charge in [0, 0.05) is 18.4 Å². The molecular weight excluding hydrogens is 388 g/mol. The van der Waals surface area contributed by atoms with E-state index in [1.165, 1.54) is 20.2 Å². The van der Waals surface area contributed by atoms with Crippen LogP contribution in [-0.2, 0) is 23.1 Å². The van der Waals surface area contributed by atoms with Crippen molar-refractivity contribution < 1.29 is 14.3 Å². The number of ether oxygens (including phenoxy) is 1. The Morgan fingerprint density at radius 3 is 2.50 bits per heavy atom. The van der Waals surface area contributed by atoms with Gasteiger partial charge in [-0.1, -0.05) is 12.1 Å². The summed E-state index contributed by atoms with van der Waals surface area (Å²) in [5.41, 5.74) is 1.40. The van der Waals surface area contributed by atoms with Gasteiger partial charge in [0.25, 0.3) is 5.56 Å². The summed E-state index contributed by atoms with van der Waals surface area (Å²) in [4.78, 5) is 54.9. The van der Waals surface area contributed by atoms with Gasteiger partial charge in [-0.05, 0) is 44.0 Å². The molecule has 9 heteroatoms. The average Bonchev–Trinajstić information content (AvgIpc) is 2.70. The van der Waals surface area contributed by atoms with Crippen LogP contribution in [0, 0.1) is 20.8 Å². The highest BCUT2D eigenvalue weighted by atomic mass is 16.5. The average molecular weight is 410 g/mol. The number of hydrogen-bond donors (Lipinski definition) is 1. The predicted molar refractivity (Wildman–Crippen MR) is 112 cm³/mol. The van der Waals surface area contributed by atoms with Gasteiger partial charge < -0.3 is 10.1 Å². The van der Waals surface area contributed by atoms with Gasteiger partial charge >= 0.3 is 11.7 Å². The van der Waals surface area contributed by atoms with Crippen molar-refractivity contribution in [1.29, 1.82) is 0 Å². The van der Waals surface area contributed by atoms with Crippen molar-refractivity contribution in [1.82, 2.24) is 14.1 Å². The lowest BCUT2D eigenvalue weighted by Gasteiger charge is -2.13. The summed E-state index contributed by atoms with van der Waals surface area (Å²) in [6.45, 7) is 4.86. The second-order valence-corrected chi connectivity index (χ2v) is 7.10. The molecule has 0 bridgehead atoms. The minimum absolute atomic E-state index is 0.00992. The molecule has 0 fully saturated rings. The number of pyridine rings is 1. The first-order valence-electron chi connectivity index (χ1n) is 9.20. The Morgan fingerprint density at radius 2 is 1.83 bits per heavy atom. The number of nitrogens with one attached hydrogen (secondary N) is 1. The molecule has 2 heterocycles. The quantitative estimate of drug-likeness (QED) is 0.652. The molecule has 30 heavy (non-hydrogen) atoms. The Bertz CT molecular complexity index is 1300. The van der Waals surface area contributed by atoms with Gasteiger partial charge in [-0.25, -0.2) is 14.6 Å². The number of nitrogens with zero attached hydrogens (tertiary/aromatic N) is 3. The van der Waals surface area contributed by atoms with Crippen LogP contribution in [0.5, 0.6) is 0 Å². The molecule has 0 aliphatic rings. The zero-order valence-corrected chi connectivity index (χ0v) is 17.4. The molecule has 0 saturated heterocycles. The number of carbonyl (C=O) groups excluding carboxylic acids is 2. The van der Waals surface area contributed by atoms with Crippen LogP contribution in [0.4, 0.5) is 5.69 Å². The molecule has 3 rings (SSSR count). The number of anilines is 1. The Morgan fingerprint density at radius 1 is 1.13 bits per heavy atom. The van der Waals surface area contributed by atoms with Crippen LogP contribution in [-0.4, -0.2) is 33.1 Å². The zero-order valence-electron chi connectivity index (χ0n) is 17.4. The summed E-state index contributed by atoms with van der Waals surface area (Å²) in [5, 5.41) is 2.65. The highest BCUT2D eigenvalue weighted by Crippen LogP contribution is 2.17. The van der Waals surface area contributed by atoms with E-state index >= 15 is 0 Å². The van der Waals surface area contributed by atoms with Crippen LogP contribution >= 0.6 is 0 Å². The van der Waals surface area contributed by atoms with Crippen LogP contribution in [0.25, 0.3) is 11.0 Å². The van der Waals surface area contributed by atoms with Crippen LogP contribution in [0.1, 0.15) is 27.2 Å². The van der Waals surface area contributed by atoms with E-state index < -0.39 is 29.7 Å². The lowest BCUT2D eigenvalue weighted by atomic mass is 10.1. The predicted octanol–water partition coefficient (Wildman–Crippen LogP) is 1.45. The highest BCUT2D eigenvalue weighted by Gasteiger charge is 2.21. The fourth-order valence-corrected chi connectivity index (χ4v) is 3.22. The van der Waals surface area contributed by atoms with E-state index in [0.717, 1.165) is 20.3 Å². The van der Waals surface area contributed by atoms with E-state index in [1.54, 1.807) is 13.0 Å². The Balaban J connectivity index is 2.12. The van der Waals surface area contributed by atoms with Gasteiger partial charge in [-0.2, -0.15) is 0 Å². The molecular formula is C21H22N4O5. The van der Waals surface area contributed by atoms with Crippen LogP contribution in [0.15, 0.2) is 33.9 Å². The molecule has 1 aromatic carbocycles. The monoisotopic (exact) mass is 410 g/mol. The third-order valence-electron chi connectivity index (χ3n) is 4.80. The first kappa shape index (κ1) is 21.0. The standard InChI is InChI=1S/C21H22N4O5/c1-11-6-7-12(2)15(8-11)23-16(26)10-25-19(27)17-14(20(28)30-5)9-13(3)22-18(17)24(4)21(25)29/h6-9H,10H2,1-5H3,(H,23,26). The van der Waals surface area contributed by atoms with E-state index in [4.69, 9.17) is 4.74 Å². The molecule has 0 aliphatic heterocycles. The van der Waals surface area contributed by atoms with E-state index in [0.29, 0.717) is 11.4 Å². The molecule has 1 N–H and O–H groups in total. The molecule has 0 atom stereocenters. The van der Waals surface area contributed by atoms with Gasteiger partial charge in [0.1, 0.15) is 12.2 Å². The van der Waals surface area contributed by atoms with Crippen molar-refractivity contribution >= 4 is 28.6 Å². The second-order valence-electron chi connectivity index (χ2n) is 7.10. The molecule has 0 unspecified atom stereocenters. The number of benzene rings is 1. The topological polar surface area (TPSA) is 112 Å². The van der Waals surface area contributed by atoms with Gasteiger partial charge in [-0.15, -0.1) is 0 Å². The smallest absolute Gasteiger partial charge is 0.338 e. The summed E-state index contributed by atoms with van der Waals surface area (Å²) in [7, 11) is 2.62. The maximum absolute atomic E-state index is 13.1. The largest absolute Gasteiger partial charge is 0.465 e. The van der Waals surface area contributed by atoms with E-state index in [1.807, 2.05) is 26.0 Å². The number of aryl methyl sites for hydroxylation is 4. The van der Waals surface area contributed by atoms with E-state index in [2.05, 4.69) is 10.3 Å². The molecule has 0 spiro atoms. The first-order valence-corrected chi connectivity index (χ1v) is 9.20. The molecule has 0 aliphatic carbocycles. The van der Waals surface area contributed by atoms with Crippen molar-refractivity contribution in [3.63, 3.8) is 0 Å². The molecule has 2 aromatic heterocycles. The third kappa shape index (κ3) is 3.73. The molecule has 3 aromatic rings. The van der Waals surface area contributed by atoms with E-state index in [-0.39, 0.29) is 16.6 Å². The van der Waals surface area contributed by atoms with Crippen molar-refractivity contribution in [2.75, 3.05) is 12.4 Å². The summed E-state index contributed by atoms with van der Waals surface area (Å²) < 4.78 is 6.69. The van der Waals surface area contributed by atoms with Crippen LogP contribution in [0.3, 0.4) is 0 Å². The minimum Gasteiger partial charge on any atom is -0.465 e. The molecule has 156 valence electrons. The van der Waals surface area contributed by atoms with Gasteiger partial charge in [0.2, 0.25) is 5.91 Å². The number of rotatable bonds is 4. The number of hydrogen-bond acceptors (Lipinski definition) is 6. The van der Waals surface area contributed by atoms with Crippen LogP contribution in [0.2, 0.25) is 0 Å². The Kier molecular flexibility index (Phi) is 5.55. The molecule has 1 amide bonds. The van der Waals surface area contributed by atoms with E-state index in [9.17, 15) is 19.2 Å². The summed E-state index contributed by atoms with van der Waals surface area (Å²) in [6, 6.07) is 7.00. The van der Waals surface area contributed by atoms with Crippen molar-refractivity contribution in [3.8, 4) is 0 Å². The normalized spacial score (nSPS) is 10.8. The fourth-order valence-electron chi connectivity index (χ4n) is 3.22. The lowest BCUT2D eigenvalue weighted by Crippen LogP contribution is -2.42. The highest BCUT2D eigenvalue weighted by molar-refractivity contribution is 6.02. The molecule has 9 nitrogen and oxygen atoms in total. The van der Waals surface area contributed by atoms with Gasteiger partial charge in [-0.3, -0.25) is 18.7 Å². The van der Waals surface area contributed by atoms with Gasteiger partial charge in [0.15, 0.2) is 0 Å².